The van der Waals surface area contributed by atoms with E-state index < -0.39 is 0 Å². The molecule has 1 N–H and O–H groups in total. The van der Waals surface area contributed by atoms with Crippen LogP contribution in [0.5, 0.6) is 5.75 Å². The van der Waals surface area contributed by atoms with Gasteiger partial charge in [-0.25, -0.2) is 4.98 Å². The largest absolute Gasteiger partial charge is 0.497 e. The van der Waals surface area contributed by atoms with Gasteiger partial charge in [-0.05, 0) is 24.1 Å². The normalized spacial score (nSPS) is 12.1. The van der Waals surface area contributed by atoms with Crippen molar-refractivity contribution < 1.29 is 4.74 Å². The van der Waals surface area contributed by atoms with E-state index >= 15 is 0 Å². The van der Waals surface area contributed by atoms with E-state index in [-0.39, 0.29) is 0 Å². The molecule has 0 saturated heterocycles. The fraction of sp³-hybridized carbons (Fsp3) is 0.308. The number of methoxy groups -OCH3 is 1. The molecule has 0 spiro atoms. The van der Waals surface area contributed by atoms with E-state index in [1.165, 1.54) is 5.56 Å². The minimum atomic E-state index is 0.298. The molecule has 1 aromatic carbocycles. The quantitative estimate of drug-likeness (QED) is 0.875. The van der Waals surface area contributed by atoms with Crippen LogP contribution in [0.25, 0.3) is 0 Å². The van der Waals surface area contributed by atoms with Crippen molar-refractivity contribution in [3.05, 3.63) is 41.4 Å². The number of nitrogens with zero attached hydrogens (tertiary/aromatic N) is 1. The van der Waals surface area contributed by atoms with Crippen LogP contribution >= 0.6 is 11.3 Å². The Balaban J connectivity index is 2.11. The van der Waals surface area contributed by atoms with Gasteiger partial charge in [0.2, 0.25) is 0 Å². The van der Waals surface area contributed by atoms with E-state index in [4.69, 9.17) is 4.74 Å². The van der Waals surface area contributed by atoms with E-state index in [0.717, 1.165) is 17.3 Å². The first kappa shape index (κ1) is 11.9. The predicted octanol–water partition coefficient (Wildman–Crippen LogP) is 3.71. The van der Waals surface area contributed by atoms with Crippen molar-refractivity contribution in [3.63, 3.8) is 0 Å². The van der Waals surface area contributed by atoms with Crippen LogP contribution in [0.4, 0.5) is 5.13 Å². The Morgan fingerprint density at radius 3 is 2.65 bits per heavy atom. The number of rotatable bonds is 5. The molecule has 0 aliphatic carbocycles. The van der Waals surface area contributed by atoms with Crippen molar-refractivity contribution in [2.24, 2.45) is 0 Å². The van der Waals surface area contributed by atoms with Crippen LogP contribution in [0.15, 0.2) is 35.8 Å². The topological polar surface area (TPSA) is 34.2 Å². The monoisotopic (exact) mass is 248 g/mol. The first-order chi connectivity index (χ1) is 8.33. The lowest BCUT2D eigenvalue weighted by atomic mass is 10.0. The second-order valence-electron chi connectivity index (χ2n) is 3.72. The number of aromatic nitrogens is 1. The highest BCUT2D eigenvalue weighted by atomic mass is 32.1. The van der Waals surface area contributed by atoms with Crippen molar-refractivity contribution in [2.45, 2.75) is 19.4 Å². The lowest BCUT2D eigenvalue weighted by Gasteiger charge is -2.16. The Morgan fingerprint density at radius 2 is 2.12 bits per heavy atom. The van der Waals surface area contributed by atoms with Crippen molar-refractivity contribution in [2.75, 3.05) is 12.4 Å². The summed E-state index contributed by atoms with van der Waals surface area (Å²) in [7, 11) is 1.68. The van der Waals surface area contributed by atoms with Gasteiger partial charge in [0.05, 0.1) is 13.2 Å². The zero-order valence-corrected chi connectivity index (χ0v) is 10.8. The lowest BCUT2D eigenvalue weighted by Crippen LogP contribution is -2.09. The molecule has 0 aliphatic heterocycles. The summed E-state index contributed by atoms with van der Waals surface area (Å²) in [6.07, 6.45) is 2.83. The fourth-order valence-electron chi connectivity index (χ4n) is 1.70. The molecule has 17 heavy (non-hydrogen) atoms. The van der Waals surface area contributed by atoms with Gasteiger partial charge in [-0.2, -0.15) is 0 Å². The SMILES string of the molecule is CCC(Nc1nccs1)c1ccc(OC)cc1. The average molecular weight is 248 g/mol. The maximum atomic E-state index is 5.16. The molecule has 0 fully saturated rings. The van der Waals surface area contributed by atoms with Crippen LogP contribution in [0.1, 0.15) is 24.9 Å². The number of nitrogens with one attached hydrogen (secondary N) is 1. The highest BCUT2D eigenvalue weighted by Gasteiger charge is 2.10. The first-order valence-corrected chi connectivity index (χ1v) is 6.51. The molecule has 1 aromatic heterocycles. The first-order valence-electron chi connectivity index (χ1n) is 5.63. The molecule has 90 valence electrons. The van der Waals surface area contributed by atoms with E-state index in [1.807, 2.05) is 23.7 Å². The number of anilines is 1. The second-order valence-corrected chi connectivity index (χ2v) is 4.61. The zero-order chi connectivity index (χ0) is 12.1. The van der Waals surface area contributed by atoms with Crippen molar-refractivity contribution in [1.29, 1.82) is 0 Å². The van der Waals surface area contributed by atoms with Crippen LogP contribution in [0.2, 0.25) is 0 Å². The summed E-state index contributed by atoms with van der Waals surface area (Å²) in [4.78, 5) is 4.25. The van der Waals surface area contributed by atoms with E-state index in [9.17, 15) is 0 Å². The molecule has 0 saturated carbocycles. The summed E-state index contributed by atoms with van der Waals surface area (Å²) in [5.41, 5.74) is 1.25. The van der Waals surface area contributed by atoms with Crippen LogP contribution in [0.3, 0.4) is 0 Å². The van der Waals surface area contributed by atoms with Gasteiger partial charge < -0.3 is 10.1 Å². The van der Waals surface area contributed by atoms with Gasteiger partial charge >= 0.3 is 0 Å². The maximum Gasteiger partial charge on any atom is 0.183 e. The molecule has 2 aromatic rings. The third kappa shape index (κ3) is 2.97. The molecule has 0 amide bonds. The van der Waals surface area contributed by atoms with Gasteiger partial charge in [-0.3, -0.25) is 0 Å². The Labute approximate surface area is 105 Å². The number of hydrogen-bond donors (Lipinski definition) is 1. The minimum Gasteiger partial charge on any atom is -0.497 e. The number of hydrogen-bond acceptors (Lipinski definition) is 4. The van der Waals surface area contributed by atoms with Crippen LogP contribution in [-0.2, 0) is 0 Å². The molecule has 0 aliphatic rings. The zero-order valence-electron chi connectivity index (χ0n) is 10.0. The standard InChI is InChI=1S/C13H16N2OS/c1-3-12(15-13-14-8-9-17-13)10-4-6-11(16-2)7-5-10/h4-9,12H,3H2,1-2H3,(H,14,15). The summed E-state index contributed by atoms with van der Waals surface area (Å²) < 4.78 is 5.16. The van der Waals surface area contributed by atoms with E-state index in [1.54, 1.807) is 18.4 Å². The van der Waals surface area contributed by atoms with Gasteiger partial charge in [0, 0.05) is 11.6 Å². The smallest absolute Gasteiger partial charge is 0.183 e. The third-order valence-electron chi connectivity index (χ3n) is 2.66. The van der Waals surface area contributed by atoms with Gasteiger partial charge in [-0.15, -0.1) is 11.3 Å². The minimum absolute atomic E-state index is 0.298. The van der Waals surface area contributed by atoms with Gasteiger partial charge in [0.1, 0.15) is 5.75 Å². The summed E-state index contributed by atoms with van der Waals surface area (Å²) >= 11 is 1.62. The predicted molar refractivity (Wildman–Crippen MR) is 71.8 cm³/mol. The molecular weight excluding hydrogens is 232 g/mol. The molecule has 1 heterocycles. The maximum absolute atomic E-state index is 5.16. The number of benzene rings is 1. The van der Waals surface area contributed by atoms with Gasteiger partial charge in [0.15, 0.2) is 5.13 Å². The number of ether oxygens (including phenoxy) is 1. The molecule has 0 bridgehead atoms. The summed E-state index contributed by atoms with van der Waals surface area (Å²) in [5, 5.41) is 6.37. The Hall–Kier alpha value is -1.55. The van der Waals surface area contributed by atoms with Gasteiger partial charge in [0.25, 0.3) is 0 Å². The Kier molecular flexibility index (Phi) is 3.98. The van der Waals surface area contributed by atoms with Crippen LogP contribution < -0.4 is 10.1 Å². The third-order valence-corrected chi connectivity index (χ3v) is 3.36. The van der Waals surface area contributed by atoms with Gasteiger partial charge in [-0.1, -0.05) is 19.1 Å². The Bertz CT molecular complexity index is 439. The highest BCUT2D eigenvalue weighted by molar-refractivity contribution is 7.13. The van der Waals surface area contributed by atoms with Crippen molar-refractivity contribution in [3.8, 4) is 5.75 Å². The lowest BCUT2D eigenvalue weighted by molar-refractivity contribution is 0.414. The molecule has 4 heteroatoms. The molecule has 1 unspecified atom stereocenters. The average Bonchev–Trinajstić information content (AvgIpc) is 2.89. The Morgan fingerprint density at radius 1 is 1.35 bits per heavy atom. The molecular formula is C13H16N2OS. The molecule has 0 radical (unpaired) electrons. The van der Waals surface area contributed by atoms with Crippen LogP contribution in [-0.4, -0.2) is 12.1 Å². The summed E-state index contributed by atoms with van der Waals surface area (Å²) in [6, 6.07) is 8.46. The van der Waals surface area contributed by atoms with Crippen molar-refractivity contribution >= 4 is 16.5 Å². The molecule has 2 rings (SSSR count). The van der Waals surface area contributed by atoms with E-state index in [2.05, 4.69) is 29.4 Å². The molecule has 1 atom stereocenters. The molecule has 3 nitrogen and oxygen atoms in total. The highest BCUT2D eigenvalue weighted by Crippen LogP contribution is 2.25. The van der Waals surface area contributed by atoms with Crippen molar-refractivity contribution in [1.82, 2.24) is 4.98 Å². The second kappa shape index (κ2) is 5.68. The fourth-order valence-corrected chi connectivity index (χ4v) is 2.28. The van der Waals surface area contributed by atoms with E-state index in [0.29, 0.717) is 6.04 Å². The summed E-state index contributed by atoms with van der Waals surface area (Å²) in [5.74, 6) is 0.887. The number of thiazole rings is 1. The summed E-state index contributed by atoms with van der Waals surface area (Å²) in [6.45, 7) is 2.16. The van der Waals surface area contributed by atoms with Crippen LogP contribution in [0, 0.1) is 0 Å².